The molecule has 0 bridgehead atoms. The summed E-state index contributed by atoms with van der Waals surface area (Å²) in [6.07, 6.45) is 2.32. The predicted octanol–water partition coefficient (Wildman–Crippen LogP) is 1.75. The lowest BCUT2D eigenvalue weighted by atomic mass is 10.1. The van der Waals surface area contributed by atoms with Crippen molar-refractivity contribution >= 4 is 17.8 Å². The molecular weight excluding hydrogens is 336 g/mol. The molecule has 0 unspecified atom stereocenters. The molecule has 0 aliphatic heterocycles. The van der Waals surface area contributed by atoms with Crippen molar-refractivity contribution < 1.29 is 23.8 Å². The fourth-order valence-electron chi connectivity index (χ4n) is 2.37. The molecule has 1 N–H and O–H groups in total. The van der Waals surface area contributed by atoms with Crippen LogP contribution in [-0.2, 0) is 9.59 Å². The van der Waals surface area contributed by atoms with Crippen molar-refractivity contribution in [2.75, 3.05) is 48.5 Å². The quantitative estimate of drug-likeness (QED) is 0.295. The summed E-state index contributed by atoms with van der Waals surface area (Å²) < 4.78 is 15.9. The lowest BCUT2D eigenvalue weighted by molar-refractivity contribution is -0.121. The third-order valence-electron chi connectivity index (χ3n) is 3.69. The molecule has 0 saturated heterocycles. The Morgan fingerprint density at radius 1 is 1.08 bits per heavy atom. The van der Waals surface area contributed by atoms with Crippen LogP contribution in [0.4, 0.5) is 0 Å². The molecule has 1 amide bonds. The van der Waals surface area contributed by atoms with Crippen LogP contribution in [0, 0.1) is 0 Å². The van der Waals surface area contributed by atoms with Crippen LogP contribution in [0.15, 0.2) is 17.7 Å². The third kappa shape index (κ3) is 6.07. The predicted molar refractivity (Wildman–Crippen MR) is 101 cm³/mol. The van der Waals surface area contributed by atoms with E-state index in [1.807, 2.05) is 19.0 Å². The van der Waals surface area contributed by atoms with Crippen LogP contribution in [0.5, 0.6) is 17.2 Å². The summed E-state index contributed by atoms with van der Waals surface area (Å²) in [4.78, 5) is 26.3. The minimum atomic E-state index is -0.398. The van der Waals surface area contributed by atoms with Gasteiger partial charge in [-0.2, -0.15) is 0 Å². The Morgan fingerprint density at radius 2 is 1.65 bits per heavy atom. The van der Waals surface area contributed by atoms with Crippen molar-refractivity contribution in [3.63, 3.8) is 0 Å². The van der Waals surface area contributed by atoms with Gasteiger partial charge in [0.1, 0.15) is 0 Å². The van der Waals surface area contributed by atoms with E-state index in [-0.39, 0.29) is 11.4 Å². The Hall–Kier alpha value is -2.54. The van der Waals surface area contributed by atoms with Gasteiger partial charge in [0.2, 0.25) is 5.75 Å². The van der Waals surface area contributed by atoms with Crippen LogP contribution >= 0.6 is 0 Å². The van der Waals surface area contributed by atoms with Crippen molar-refractivity contribution in [1.82, 2.24) is 10.2 Å². The zero-order valence-corrected chi connectivity index (χ0v) is 16.3. The Balaban J connectivity index is 3.08. The van der Waals surface area contributed by atoms with Gasteiger partial charge in [0.15, 0.2) is 17.3 Å². The molecule has 144 valence electrons. The van der Waals surface area contributed by atoms with E-state index in [0.29, 0.717) is 29.4 Å². The average Bonchev–Trinajstić information content (AvgIpc) is 2.61. The molecule has 0 aromatic heterocycles. The number of benzene rings is 1. The van der Waals surface area contributed by atoms with E-state index in [4.69, 9.17) is 14.2 Å². The van der Waals surface area contributed by atoms with E-state index >= 15 is 0 Å². The number of nitrogens with zero attached hydrogens (tertiary/aromatic N) is 1. The van der Waals surface area contributed by atoms with Crippen LogP contribution < -0.4 is 19.5 Å². The second-order valence-corrected chi connectivity index (χ2v) is 5.99. The number of amides is 1. The number of methoxy groups -OCH3 is 3. The Morgan fingerprint density at radius 3 is 2.08 bits per heavy atom. The Kier molecular flexibility index (Phi) is 8.64. The molecule has 0 saturated carbocycles. The molecule has 0 atom stereocenters. The number of hydrogen-bond donors (Lipinski definition) is 1. The first-order valence-corrected chi connectivity index (χ1v) is 8.29. The first-order chi connectivity index (χ1) is 12.3. The molecule has 0 radical (unpaired) electrons. The van der Waals surface area contributed by atoms with Crippen LogP contribution in [0.2, 0.25) is 0 Å². The summed E-state index contributed by atoms with van der Waals surface area (Å²) in [5.41, 5.74) is 0.678. The van der Waals surface area contributed by atoms with Gasteiger partial charge in [0, 0.05) is 6.54 Å². The van der Waals surface area contributed by atoms with Crippen LogP contribution in [0.25, 0.3) is 6.08 Å². The molecule has 26 heavy (non-hydrogen) atoms. The molecule has 1 aromatic carbocycles. The van der Waals surface area contributed by atoms with Gasteiger partial charge in [-0.05, 0) is 57.8 Å². The molecule has 1 aromatic rings. The number of carbonyl (C=O) groups excluding carboxylic acids is 2. The Labute approximate surface area is 154 Å². The van der Waals surface area contributed by atoms with Crippen molar-refractivity contribution in [2.24, 2.45) is 0 Å². The lowest BCUT2D eigenvalue weighted by Crippen LogP contribution is -2.30. The van der Waals surface area contributed by atoms with Crippen molar-refractivity contribution in [3.05, 3.63) is 23.3 Å². The van der Waals surface area contributed by atoms with Crippen LogP contribution in [0.1, 0.15) is 18.9 Å². The summed E-state index contributed by atoms with van der Waals surface area (Å²) in [7, 11) is 8.46. The third-order valence-corrected chi connectivity index (χ3v) is 3.69. The zero-order chi connectivity index (χ0) is 19.7. The molecule has 0 spiro atoms. The molecular formula is C19H28N2O5. The zero-order valence-electron chi connectivity index (χ0n) is 16.3. The Bertz CT molecular complexity index is 643. The van der Waals surface area contributed by atoms with Gasteiger partial charge < -0.3 is 24.4 Å². The molecule has 1 rings (SSSR count). The fourth-order valence-corrected chi connectivity index (χ4v) is 2.37. The number of ether oxygens (including phenoxy) is 3. The number of carbonyl (C=O) groups is 2. The van der Waals surface area contributed by atoms with Crippen molar-refractivity contribution in [2.45, 2.75) is 13.3 Å². The number of ketones is 1. The van der Waals surface area contributed by atoms with Crippen LogP contribution in [0.3, 0.4) is 0 Å². The normalized spacial score (nSPS) is 11.3. The molecule has 0 heterocycles. The molecule has 7 heteroatoms. The smallest absolute Gasteiger partial charge is 0.254 e. The van der Waals surface area contributed by atoms with Crippen molar-refractivity contribution in [1.29, 1.82) is 0 Å². The average molecular weight is 364 g/mol. The molecule has 0 fully saturated rings. The van der Waals surface area contributed by atoms with Crippen molar-refractivity contribution in [3.8, 4) is 17.2 Å². The van der Waals surface area contributed by atoms with E-state index in [0.717, 1.165) is 13.0 Å². The van der Waals surface area contributed by atoms with Gasteiger partial charge in [-0.1, -0.05) is 0 Å². The number of hydrogen-bond acceptors (Lipinski definition) is 6. The highest BCUT2D eigenvalue weighted by atomic mass is 16.5. The van der Waals surface area contributed by atoms with E-state index in [2.05, 4.69) is 5.32 Å². The summed E-state index contributed by atoms with van der Waals surface area (Å²) in [6.45, 7) is 2.71. The van der Waals surface area contributed by atoms with E-state index in [9.17, 15) is 9.59 Å². The summed E-state index contributed by atoms with van der Waals surface area (Å²) in [5.74, 6) is 0.637. The van der Waals surface area contributed by atoms with E-state index in [1.165, 1.54) is 34.3 Å². The lowest BCUT2D eigenvalue weighted by Gasteiger charge is -2.13. The van der Waals surface area contributed by atoms with Gasteiger partial charge in [-0.25, -0.2) is 0 Å². The van der Waals surface area contributed by atoms with E-state index < -0.39 is 5.91 Å². The summed E-state index contributed by atoms with van der Waals surface area (Å²) in [5, 5.41) is 2.78. The number of rotatable bonds is 10. The van der Waals surface area contributed by atoms with Gasteiger partial charge in [-0.3, -0.25) is 9.59 Å². The maximum Gasteiger partial charge on any atom is 0.254 e. The van der Waals surface area contributed by atoms with Crippen LogP contribution in [-0.4, -0.2) is 65.1 Å². The second-order valence-electron chi connectivity index (χ2n) is 5.99. The highest BCUT2D eigenvalue weighted by Crippen LogP contribution is 2.38. The number of Topliss-reactive ketones (excluding diaryl/α,β-unsaturated/α-hetero) is 1. The minimum Gasteiger partial charge on any atom is -0.493 e. The minimum absolute atomic E-state index is 0.0733. The standard InChI is InChI=1S/C19H28N2O5/c1-13(22)15(19(23)20-8-7-9-21(2)3)10-14-11-16(24-4)18(26-6)17(12-14)25-5/h10-12H,7-9H2,1-6H3,(H,20,23). The first kappa shape index (κ1) is 21.5. The maximum atomic E-state index is 12.4. The SMILES string of the molecule is COc1cc(C=C(C(C)=O)C(=O)NCCCN(C)C)cc(OC)c1OC. The fraction of sp³-hybridized carbons (Fsp3) is 0.474. The molecule has 7 nitrogen and oxygen atoms in total. The highest BCUT2D eigenvalue weighted by molar-refractivity contribution is 6.21. The second kappa shape index (κ2) is 10.5. The topological polar surface area (TPSA) is 77.1 Å². The molecule has 0 aliphatic carbocycles. The monoisotopic (exact) mass is 364 g/mol. The van der Waals surface area contributed by atoms with Gasteiger partial charge in [0.25, 0.3) is 5.91 Å². The van der Waals surface area contributed by atoms with E-state index in [1.54, 1.807) is 12.1 Å². The van der Waals surface area contributed by atoms with Gasteiger partial charge in [0.05, 0.1) is 26.9 Å². The largest absolute Gasteiger partial charge is 0.493 e. The first-order valence-electron chi connectivity index (χ1n) is 8.29. The number of nitrogens with one attached hydrogen (secondary N) is 1. The molecule has 0 aliphatic rings. The maximum absolute atomic E-state index is 12.4. The van der Waals surface area contributed by atoms with Gasteiger partial charge >= 0.3 is 0 Å². The van der Waals surface area contributed by atoms with Gasteiger partial charge in [-0.15, -0.1) is 0 Å². The summed E-state index contributed by atoms with van der Waals surface area (Å²) >= 11 is 0. The summed E-state index contributed by atoms with van der Waals surface area (Å²) in [6, 6.07) is 3.37. The highest BCUT2D eigenvalue weighted by Gasteiger charge is 2.17.